The molecular weight excluding hydrogens is 256 g/mol. The molecule has 96 valence electrons. The van der Waals surface area contributed by atoms with Gasteiger partial charge in [0.05, 0.1) is 5.69 Å². The van der Waals surface area contributed by atoms with E-state index in [1.807, 2.05) is 53.4 Å². The van der Waals surface area contributed by atoms with E-state index in [1.54, 1.807) is 18.0 Å². The molecule has 5 heteroatoms. The highest BCUT2D eigenvalue weighted by molar-refractivity contribution is 8.01. The van der Waals surface area contributed by atoms with Crippen molar-refractivity contribution in [3.63, 3.8) is 0 Å². The lowest BCUT2D eigenvalue weighted by Crippen LogP contribution is -2.38. The molecule has 3 N–H and O–H groups in total. The summed E-state index contributed by atoms with van der Waals surface area (Å²) in [4.78, 5) is 6.18. The molecule has 1 aromatic heterocycles. The highest BCUT2D eigenvalue weighted by Gasteiger charge is 2.37. The number of hydrogen-bond acceptors (Lipinski definition) is 4. The molecule has 4 nitrogen and oxygen atoms in total. The van der Waals surface area contributed by atoms with Gasteiger partial charge in [-0.2, -0.15) is 0 Å². The van der Waals surface area contributed by atoms with Crippen LogP contribution < -0.4 is 10.6 Å². The Bertz CT molecular complexity index is 573. The Balaban J connectivity index is 1.92. The molecule has 1 saturated heterocycles. The Kier molecular flexibility index (Phi) is 3.23. The van der Waals surface area contributed by atoms with Crippen LogP contribution in [0.25, 0.3) is 0 Å². The van der Waals surface area contributed by atoms with Gasteiger partial charge in [-0.1, -0.05) is 24.3 Å². The second-order valence-electron chi connectivity index (χ2n) is 4.25. The maximum absolute atomic E-state index is 8.35. The number of pyridine rings is 1. The SMILES string of the molecule is N=C1C(c2ccccn2)SC(N)N1c1ccccc1. The Morgan fingerprint density at radius 1 is 1.11 bits per heavy atom. The zero-order valence-corrected chi connectivity index (χ0v) is 11.0. The van der Waals surface area contributed by atoms with Crippen LogP contribution in [-0.2, 0) is 0 Å². The molecular formula is C14H14N4S. The van der Waals surface area contributed by atoms with Crippen molar-refractivity contribution in [3.8, 4) is 0 Å². The van der Waals surface area contributed by atoms with Crippen LogP contribution in [0.4, 0.5) is 5.69 Å². The summed E-state index contributed by atoms with van der Waals surface area (Å²) in [6, 6.07) is 15.5. The number of amidine groups is 1. The predicted molar refractivity (Wildman–Crippen MR) is 79.2 cm³/mol. The molecule has 0 spiro atoms. The molecule has 0 aliphatic carbocycles. The minimum absolute atomic E-state index is 0.101. The Hall–Kier alpha value is -1.85. The fourth-order valence-corrected chi connectivity index (χ4v) is 3.30. The second-order valence-corrected chi connectivity index (χ2v) is 5.48. The summed E-state index contributed by atoms with van der Waals surface area (Å²) in [7, 11) is 0. The van der Waals surface area contributed by atoms with Crippen molar-refractivity contribution >= 4 is 23.3 Å². The molecule has 1 aliphatic rings. The van der Waals surface area contributed by atoms with Crippen molar-refractivity contribution in [2.24, 2.45) is 5.73 Å². The number of hydrogen-bond donors (Lipinski definition) is 2. The number of nitrogens with zero attached hydrogens (tertiary/aromatic N) is 2. The molecule has 0 radical (unpaired) electrons. The normalized spacial score (nSPS) is 22.8. The van der Waals surface area contributed by atoms with Crippen LogP contribution in [0.2, 0.25) is 0 Å². The van der Waals surface area contributed by atoms with E-state index in [2.05, 4.69) is 4.98 Å². The summed E-state index contributed by atoms with van der Waals surface area (Å²) in [6.07, 6.45) is 1.75. The van der Waals surface area contributed by atoms with E-state index >= 15 is 0 Å². The summed E-state index contributed by atoms with van der Waals surface area (Å²) in [5, 5.41) is 8.25. The lowest BCUT2D eigenvalue weighted by Gasteiger charge is -2.22. The molecule has 2 aromatic rings. The van der Waals surface area contributed by atoms with Crippen LogP contribution in [0.3, 0.4) is 0 Å². The quantitative estimate of drug-likeness (QED) is 0.880. The fourth-order valence-electron chi connectivity index (χ4n) is 2.14. The van der Waals surface area contributed by atoms with Crippen LogP contribution in [0.15, 0.2) is 54.7 Å². The highest BCUT2D eigenvalue weighted by atomic mass is 32.2. The molecule has 2 unspecified atom stereocenters. The first kappa shape index (κ1) is 12.2. The van der Waals surface area contributed by atoms with E-state index in [4.69, 9.17) is 11.1 Å². The molecule has 1 fully saturated rings. The maximum Gasteiger partial charge on any atom is 0.132 e. The second kappa shape index (κ2) is 5.03. The van der Waals surface area contributed by atoms with Crippen molar-refractivity contribution in [2.75, 3.05) is 4.90 Å². The lowest BCUT2D eigenvalue weighted by molar-refractivity contribution is 0.949. The van der Waals surface area contributed by atoms with Crippen molar-refractivity contribution < 1.29 is 0 Å². The van der Waals surface area contributed by atoms with Crippen molar-refractivity contribution in [3.05, 3.63) is 60.4 Å². The summed E-state index contributed by atoms with van der Waals surface area (Å²) < 4.78 is 0. The molecule has 0 amide bonds. The van der Waals surface area contributed by atoms with Gasteiger partial charge in [-0.15, -0.1) is 11.8 Å². The van der Waals surface area contributed by atoms with Gasteiger partial charge in [0.1, 0.15) is 16.6 Å². The van der Waals surface area contributed by atoms with E-state index < -0.39 is 0 Å². The number of thioether (sulfide) groups is 1. The van der Waals surface area contributed by atoms with E-state index in [1.165, 1.54) is 0 Å². The average molecular weight is 270 g/mol. The minimum atomic E-state index is -0.248. The number of anilines is 1. The first-order valence-corrected chi connectivity index (χ1v) is 6.96. The third-order valence-corrected chi connectivity index (χ3v) is 4.26. The number of benzene rings is 1. The van der Waals surface area contributed by atoms with E-state index in [0.717, 1.165) is 11.4 Å². The predicted octanol–water partition coefficient (Wildman–Crippen LogP) is 2.60. The standard InChI is InChI=1S/C14H14N4S/c15-13-12(11-8-4-5-9-17-11)19-14(16)18(13)10-6-2-1-3-7-10/h1-9,12,14-15H,16H2. The smallest absolute Gasteiger partial charge is 0.132 e. The third-order valence-electron chi connectivity index (χ3n) is 3.03. The number of aromatic nitrogens is 1. The van der Waals surface area contributed by atoms with Gasteiger partial charge >= 0.3 is 0 Å². The molecule has 1 aromatic carbocycles. The van der Waals surface area contributed by atoms with Gasteiger partial charge in [0.2, 0.25) is 0 Å². The summed E-state index contributed by atoms with van der Waals surface area (Å²) in [5.74, 6) is 0.488. The molecule has 0 bridgehead atoms. The van der Waals surface area contributed by atoms with Gasteiger partial charge in [-0.3, -0.25) is 10.4 Å². The molecule has 3 rings (SSSR count). The first-order valence-electron chi connectivity index (χ1n) is 6.02. The molecule has 1 aliphatic heterocycles. The van der Waals surface area contributed by atoms with Crippen LogP contribution in [0.1, 0.15) is 10.9 Å². The topological polar surface area (TPSA) is 66.0 Å². The summed E-state index contributed by atoms with van der Waals surface area (Å²) in [6.45, 7) is 0. The van der Waals surface area contributed by atoms with Gasteiger partial charge in [0, 0.05) is 11.9 Å². The number of nitrogens with two attached hydrogens (primary N) is 1. The number of rotatable bonds is 2. The van der Waals surface area contributed by atoms with Gasteiger partial charge in [0.25, 0.3) is 0 Å². The fraction of sp³-hybridized carbons (Fsp3) is 0.143. The van der Waals surface area contributed by atoms with Crippen LogP contribution in [0.5, 0.6) is 0 Å². The zero-order valence-electron chi connectivity index (χ0n) is 10.2. The van der Waals surface area contributed by atoms with Gasteiger partial charge < -0.3 is 10.6 Å². The Labute approximate surface area is 116 Å². The van der Waals surface area contributed by atoms with E-state index in [0.29, 0.717) is 5.84 Å². The van der Waals surface area contributed by atoms with Crippen LogP contribution >= 0.6 is 11.8 Å². The van der Waals surface area contributed by atoms with Crippen LogP contribution in [0, 0.1) is 5.41 Å². The van der Waals surface area contributed by atoms with Crippen molar-refractivity contribution in [1.29, 1.82) is 5.41 Å². The van der Waals surface area contributed by atoms with E-state index in [-0.39, 0.29) is 10.7 Å². The third kappa shape index (κ3) is 2.22. The Morgan fingerprint density at radius 2 is 1.84 bits per heavy atom. The largest absolute Gasteiger partial charge is 0.304 e. The molecule has 2 heterocycles. The highest BCUT2D eigenvalue weighted by Crippen LogP contribution is 2.41. The minimum Gasteiger partial charge on any atom is -0.304 e. The van der Waals surface area contributed by atoms with Gasteiger partial charge in [0.15, 0.2) is 0 Å². The molecule has 19 heavy (non-hydrogen) atoms. The zero-order chi connectivity index (χ0) is 13.2. The Morgan fingerprint density at radius 3 is 2.53 bits per heavy atom. The van der Waals surface area contributed by atoms with Crippen molar-refractivity contribution in [2.45, 2.75) is 10.7 Å². The van der Waals surface area contributed by atoms with Gasteiger partial charge in [-0.05, 0) is 24.3 Å². The summed E-state index contributed by atoms with van der Waals surface area (Å²) >= 11 is 1.55. The number of nitrogens with one attached hydrogen (secondary N) is 1. The molecule has 0 saturated carbocycles. The van der Waals surface area contributed by atoms with Crippen molar-refractivity contribution in [1.82, 2.24) is 4.98 Å². The summed E-state index contributed by atoms with van der Waals surface area (Å²) in [5.41, 5.74) is 7.73. The van der Waals surface area contributed by atoms with E-state index in [9.17, 15) is 0 Å². The molecule has 2 atom stereocenters. The monoisotopic (exact) mass is 270 g/mol. The average Bonchev–Trinajstić information content (AvgIpc) is 2.76. The van der Waals surface area contributed by atoms with Crippen LogP contribution in [-0.4, -0.2) is 16.3 Å². The number of para-hydroxylation sites is 1. The first-order chi connectivity index (χ1) is 9.27. The maximum atomic E-state index is 8.35. The lowest BCUT2D eigenvalue weighted by atomic mass is 10.2. The van der Waals surface area contributed by atoms with Gasteiger partial charge in [-0.25, -0.2) is 0 Å².